The fourth-order valence-electron chi connectivity index (χ4n) is 2.62. The quantitative estimate of drug-likeness (QED) is 0.642. The lowest BCUT2D eigenvalue weighted by Gasteiger charge is -2.28. The molecule has 18 heavy (non-hydrogen) atoms. The van der Waals surface area contributed by atoms with Crippen molar-refractivity contribution in [3.63, 3.8) is 0 Å². The average Bonchev–Trinajstić information content (AvgIpc) is 2.82. The van der Waals surface area contributed by atoms with Crippen molar-refractivity contribution >= 4 is 24.4 Å². The maximum Gasteiger partial charge on any atom is 0.243 e. The minimum atomic E-state index is -0.527. The summed E-state index contributed by atoms with van der Waals surface area (Å²) in [5, 5.41) is 5.58. The molecule has 1 aliphatic carbocycles. The standard InChI is InChI=1S/C13H24N2O2S/c1-3-13(6-4-5-7-13)9-14-12(17)11(8-18)15-10(2)16/h11,18H,3-9H2,1-2H3,(H,14,17)(H,15,16). The van der Waals surface area contributed by atoms with E-state index in [0.717, 1.165) is 6.42 Å². The Labute approximate surface area is 115 Å². The SMILES string of the molecule is CCC1(CNC(=O)C(CS)NC(C)=O)CCCC1. The molecule has 1 unspecified atom stereocenters. The Morgan fingerprint density at radius 2 is 1.94 bits per heavy atom. The maximum absolute atomic E-state index is 11.9. The van der Waals surface area contributed by atoms with E-state index < -0.39 is 6.04 Å². The third-order valence-electron chi connectivity index (χ3n) is 3.93. The normalized spacial score (nSPS) is 19.3. The van der Waals surface area contributed by atoms with Crippen molar-refractivity contribution in [2.24, 2.45) is 5.41 Å². The molecule has 0 aromatic carbocycles. The van der Waals surface area contributed by atoms with Gasteiger partial charge in [0.1, 0.15) is 6.04 Å². The molecule has 2 amide bonds. The summed E-state index contributed by atoms with van der Waals surface area (Å²) in [4.78, 5) is 22.9. The Bertz CT molecular complexity index is 301. The summed E-state index contributed by atoms with van der Waals surface area (Å²) in [7, 11) is 0. The van der Waals surface area contributed by atoms with Gasteiger partial charge in [-0.2, -0.15) is 12.6 Å². The van der Waals surface area contributed by atoms with Crippen LogP contribution in [-0.2, 0) is 9.59 Å². The highest BCUT2D eigenvalue weighted by Gasteiger charge is 2.32. The Morgan fingerprint density at radius 1 is 1.33 bits per heavy atom. The molecule has 0 radical (unpaired) electrons. The molecule has 1 aliphatic rings. The van der Waals surface area contributed by atoms with Gasteiger partial charge >= 0.3 is 0 Å². The van der Waals surface area contributed by atoms with Gasteiger partial charge in [0.2, 0.25) is 11.8 Å². The first-order valence-corrected chi connectivity index (χ1v) is 7.32. The summed E-state index contributed by atoms with van der Waals surface area (Å²) >= 11 is 4.10. The second kappa shape index (κ2) is 7.02. The second-order valence-electron chi connectivity index (χ2n) is 5.21. The summed E-state index contributed by atoms with van der Waals surface area (Å²) in [5.41, 5.74) is 0.271. The van der Waals surface area contributed by atoms with Crippen LogP contribution in [0.5, 0.6) is 0 Å². The first-order chi connectivity index (χ1) is 8.53. The molecule has 5 heteroatoms. The molecule has 1 saturated carbocycles. The summed E-state index contributed by atoms with van der Waals surface area (Å²) in [5.74, 6) is 0.0000543. The molecule has 0 heterocycles. The number of amides is 2. The first-order valence-electron chi connectivity index (χ1n) is 6.68. The number of carbonyl (C=O) groups excluding carboxylic acids is 2. The van der Waals surface area contributed by atoms with Crippen molar-refractivity contribution in [3.8, 4) is 0 Å². The van der Waals surface area contributed by atoms with Crippen LogP contribution >= 0.6 is 12.6 Å². The minimum absolute atomic E-state index is 0.125. The van der Waals surface area contributed by atoms with Crippen LogP contribution in [0.1, 0.15) is 46.0 Å². The first kappa shape index (κ1) is 15.3. The highest BCUT2D eigenvalue weighted by atomic mass is 32.1. The van der Waals surface area contributed by atoms with Gasteiger partial charge in [-0.25, -0.2) is 0 Å². The Hall–Kier alpha value is -0.710. The van der Waals surface area contributed by atoms with Gasteiger partial charge in [-0.15, -0.1) is 0 Å². The van der Waals surface area contributed by atoms with Crippen molar-refractivity contribution in [2.45, 2.75) is 52.0 Å². The summed E-state index contributed by atoms with van der Waals surface area (Å²) in [6, 6.07) is -0.527. The molecule has 0 aromatic rings. The number of hydrogen-bond donors (Lipinski definition) is 3. The lowest BCUT2D eigenvalue weighted by atomic mass is 9.83. The predicted octanol–water partition coefficient (Wildman–Crippen LogP) is 1.51. The molecular weight excluding hydrogens is 248 g/mol. The minimum Gasteiger partial charge on any atom is -0.354 e. The van der Waals surface area contributed by atoms with Crippen molar-refractivity contribution < 1.29 is 9.59 Å². The molecule has 1 rings (SSSR count). The number of nitrogens with one attached hydrogen (secondary N) is 2. The van der Waals surface area contributed by atoms with Crippen LogP contribution in [0.15, 0.2) is 0 Å². The van der Waals surface area contributed by atoms with Crippen LogP contribution in [0.2, 0.25) is 0 Å². The summed E-state index contributed by atoms with van der Waals surface area (Å²) in [6.07, 6.45) is 5.99. The number of thiol groups is 1. The number of rotatable bonds is 6. The summed E-state index contributed by atoms with van der Waals surface area (Å²) < 4.78 is 0. The fourth-order valence-corrected chi connectivity index (χ4v) is 2.87. The van der Waals surface area contributed by atoms with Crippen LogP contribution in [-0.4, -0.2) is 30.2 Å². The third-order valence-corrected chi connectivity index (χ3v) is 4.29. The van der Waals surface area contributed by atoms with Gasteiger partial charge in [0.15, 0.2) is 0 Å². The van der Waals surface area contributed by atoms with Gasteiger partial charge in [0.25, 0.3) is 0 Å². The Balaban J connectivity index is 2.45. The highest BCUT2D eigenvalue weighted by Crippen LogP contribution is 2.40. The van der Waals surface area contributed by atoms with Crippen molar-refractivity contribution in [3.05, 3.63) is 0 Å². The molecule has 1 fully saturated rings. The van der Waals surface area contributed by atoms with Crippen LogP contribution in [0.25, 0.3) is 0 Å². The Morgan fingerprint density at radius 3 is 2.39 bits per heavy atom. The lowest BCUT2D eigenvalue weighted by Crippen LogP contribution is -2.49. The average molecular weight is 272 g/mol. The van der Waals surface area contributed by atoms with E-state index in [4.69, 9.17) is 0 Å². The van der Waals surface area contributed by atoms with Gasteiger partial charge in [0.05, 0.1) is 0 Å². The smallest absolute Gasteiger partial charge is 0.243 e. The van der Waals surface area contributed by atoms with Gasteiger partial charge < -0.3 is 10.6 Å². The second-order valence-corrected chi connectivity index (χ2v) is 5.58. The predicted molar refractivity (Wildman–Crippen MR) is 75.7 cm³/mol. The van der Waals surface area contributed by atoms with E-state index in [1.807, 2.05) is 0 Å². The van der Waals surface area contributed by atoms with E-state index in [0.29, 0.717) is 12.3 Å². The van der Waals surface area contributed by atoms with E-state index in [1.165, 1.54) is 32.6 Å². The molecule has 0 bridgehead atoms. The monoisotopic (exact) mass is 272 g/mol. The zero-order chi connectivity index (χ0) is 13.6. The van der Waals surface area contributed by atoms with Crippen LogP contribution < -0.4 is 10.6 Å². The van der Waals surface area contributed by atoms with E-state index in [1.54, 1.807) is 0 Å². The van der Waals surface area contributed by atoms with Gasteiger partial charge in [-0.3, -0.25) is 9.59 Å². The van der Waals surface area contributed by atoms with Crippen LogP contribution in [0, 0.1) is 5.41 Å². The topological polar surface area (TPSA) is 58.2 Å². The van der Waals surface area contributed by atoms with Gasteiger partial charge in [0, 0.05) is 19.2 Å². The zero-order valence-corrected chi connectivity index (χ0v) is 12.2. The number of carbonyl (C=O) groups is 2. The van der Waals surface area contributed by atoms with Crippen molar-refractivity contribution in [1.29, 1.82) is 0 Å². The molecule has 2 N–H and O–H groups in total. The molecular formula is C13H24N2O2S. The molecule has 0 aromatic heterocycles. The van der Waals surface area contributed by atoms with E-state index in [-0.39, 0.29) is 17.2 Å². The number of hydrogen-bond acceptors (Lipinski definition) is 3. The van der Waals surface area contributed by atoms with Gasteiger partial charge in [-0.05, 0) is 24.7 Å². The molecule has 0 saturated heterocycles. The van der Waals surface area contributed by atoms with E-state index in [2.05, 4.69) is 30.2 Å². The molecule has 0 spiro atoms. The largest absolute Gasteiger partial charge is 0.354 e. The maximum atomic E-state index is 11.9. The van der Waals surface area contributed by atoms with Gasteiger partial charge in [-0.1, -0.05) is 19.8 Å². The molecule has 104 valence electrons. The van der Waals surface area contributed by atoms with E-state index >= 15 is 0 Å². The molecule has 0 aliphatic heterocycles. The van der Waals surface area contributed by atoms with Crippen LogP contribution in [0.4, 0.5) is 0 Å². The molecule has 4 nitrogen and oxygen atoms in total. The highest BCUT2D eigenvalue weighted by molar-refractivity contribution is 7.80. The lowest BCUT2D eigenvalue weighted by molar-refractivity contribution is -0.127. The van der Waals surface area contributed by atoms with Crippen molar-refractivity contribution in [2.75, 3.05) is 12.3 Å². The zero-order valence-electron chi connectivity index (χ0n) is 11.3. The summed E-state index contributed by atoms with van der Waals surface area (Å²) in [6.45, 7) is 4.31. The molecule has 1 atom stereocenters. The Kier molecular flexibility index (Phi) is 5.99. The van der Waals surface area contributed by atoms with Crippen molar-refractivity contribution in [1.82, 2.24) is 10.6 Å². The third kappa shape index (κ3) is 4.19. The fraction of sp³-hybridized carbons (Fsp3) is 0.846. The van der Waals surface area contributed by atoms with Crippen LogP contribution in [0.3, 0.4) is 0 Å². The van der Waals surface area contributed by atoms with E-state index in [9.17, 15) is 9.59 Å².